The lowest BCUT2D eigenvalue weighted by Gasteiger charge is -2.25. The van der Waals surface area contributed by atoms with Gasteiger partial charge in [-0.3, -0.25) is 0 Å². The molecule has 2 N–H and O–H groups in total. The minimum absolute atomic E-state index is 0.0813. The van der Waals surface area contributed by atoms with Crippen LogP contribution in [0.2, 0.25) is 0 Å². The average Bonchev–Trinajstić information content (AvgIpc) is 2.98. The third-order valence-electron chi connectivity index (χ3n) is 5.78. The van der Waals surface area contributed by atoms with Crippen LogP contribution in [0, 0.1) is 33.5 Å². The number of para-hydroxylation sites is 1. The fraction of sp³-hybridized carbons (Fsp3) is 0.286. The number of nitrogens with two attached hydrogens (primary N) is 1. The molecular weight excluding hydrogens is 356 g/mol. The molecule has 1 saturated carbocycles. The summed E-state index contributed by atoms with van der Waals surface area (Å²) in [6, 6.07) is 21.2. The van der Waals surface area contributed by atoms with Crippen LogP contribution < -0.4 is 10.5 Å². The maximum absolute atomic E-state index is 10.1. The molecule has 3 aliphatic rings. The van der Waals surface area contributed by atoms with E-state index in [2.05, 4.69) is 17.1 Å². The molecule has 2 aromatic rings. The van der Waals surface area contributed by atoms with Crippen molar-refractivity contribution in [2.75, 3.05) is 13.2 Å². The second-order valence-electron chi connectivity index (χ2n) is 7.04. The lowest BCUT2D eigenvalue weighted by Crippen LogP contribution is -2.38. The quantitative estimate of drug-likeness (QED) is 0.886. The highest BCUT2D eigenvalue weighted by atomic mass is 16.8. The van der Waals surface area contributed by atoms with E-state index >= 15 is 0 Å². The van der Waals surface area contributed by atoms with E-state index < -0.39 is 22.7 Å². The van der Waals surface area contributed by atoms with Crippen LogP contribution in [0.3, 0.4) is 0 Å². The first-order valence-corrected chi connectivity index (χ1v) is 8.93. The van der Waals surface area contributed by atoms with Gasteiger partial charge >= 0.3 is 0 Å². The van der Waals surface area contributed by atoms with E-state index in [9.17, 15) is 10.5 Å². The number of aliphatic imine (C=N–C) groups is 1. The number of rotatable bonds is 3. The number of benzene rings is 2. The summed E-state index contributed by atoms with van der Waals surface area (Å²) >= 11 is 0. The van der Waals surface area contributed by atoms with Crippen molar-refractivity contribution in [2.24, 2.45) is 21.6 Å². The van der Waals surface area contributed by atoms with Crippen molar-refractivity contribution in [1.29, 1.82) is 10.5 Å². The first kappa shape index (κ1) is 16.8. The highest BCUT2D eigenvalue weighted by molar-refractivity contribution is 6.00. The van der Waals surface area contributed by atoms with Gasteiger partial charge in [-0.2, -0.15) is 10.5 Å². The third-order valence-corrected chi connectivity index (χ3v) is 5.78. The molecule has 7 nitrogen and oxygen atoms in total. The van der Waals surface area contributed by atoms with Crippen molar-refractivity contribution >= 4 is 5.84 Å². The molecule has 0 bridgehead atoms. The summed E-state index contributed by atoms with van der Waals surface area (Å²) in [6.45, 7) is 0.594. The Morgan fingerprint density at radius 2 is 1.71 bits per heavy atom. The van der Waals surface area contributed by atoms with Crippen LogP contribution in [0.25, 0.3) is 0 Å². The molecule has 5 rings (SSSR count). The summed E-state index contributed by atoms with van der Waals surface area (Å²) in [4.78, 5) is 4.28. The van der Waals surface area contributed by atoms with Gasteiger partial charge in [0.1, 0.15) is 22.7 Å². The molecule has 1 spiro atoms. The van der Waals surface area contributed by atoms with Gasteiger partial charge in [0, 0.05) is 5.92 Å². The molecule has 2 aliphatic heterocycles. The van der Waals surface area contributed by atoms with Gasteiger partial charge in [-0.1, -0.05) is 30.3 Å². The van der Waals surface area contributed by atoms with Crippen molar-refractivity contribution in [3.63, 3.8) is 0 Å². The van der Waals surface area contributed by atoms with Crippen LogP contribution >= 0.6 is 0 Å². The molecule has 28 heavy (non-hydrogen) atoms. The van der Waals surface area contributed by atoms with Crippen molar-refractivity contribution in [3.05, 3.63) is 60.2 Å². The topological polar surface area (TPSA) is 114 Å². The molecule has 0 aromatic heterocycles. The predicted octanol–water partition coefficient (Wildman–Crippen LogP) is 2.67. The standard InChI is InChI=1S/C21H16N4O3/c22-12-19-17(20(19,13-23)21(25-18(19)24)26-9-10-27-21)14-5-4-8-16(11-14)28-15-6-2-1-3-7-15/h1-8,11,17H,9-10H2,(H2,24,25)/t17-,19-,20+/m0/s1. The van der Waals surface area contributed by atoms with E-state index in [-0.39, 0.29) is 5.84 Å². The van der Waals surface area contributed by atoms with Crippen LogP contribution in [-0.4, -0.2) is 25.0 Å². The lowest BCUT2D eigenvalue weighted by molar-refractivity contribution is -0.184. The second kappa shape index (κ2) is 5.56. The number of fused-ring (bicyclic) bond motifs is 2. The van der Waals surface area contributed by atoms with Crippen molar-refractivity contribution < 1.29 is 14.2 Å². The lowest BCUT2D eigenvalue weighted by atomic mass is 9.94. The Morgan fingerprint density at radius 1 is 1.00 bits per heavy atom. The third kappa shape index (κ3) is 1.80. The normalized spacial score (nSPS) is 31.5. The minimum Gasteiger partial charge on any atom is -0.457 e. The van der Waals surface area contributed by atoms with E-state index in [1.165, 1.54) is 0 Å². The van der Waals surface area contributed by atoms with Gasteiger partial charge in [0.15, 0.2) is 5.41 Å². The Balaban J connectivity index is 1.58. The zero-order valence-corrected chi connectivity index (χ0v) is 14.8. The van der Waals surface area contributed by atoms with Crippen LogP contribution in [0.1, 0.15) is 11.5 Å². The Kier molecular flexibility index (Phi) is 3.33. The fourth-order valence-electron chi connectivity index (χ4n) is 4.60. The fourth-order valence-corrected chi connectivity index (χ4v) is 4.60. The molecule has 1 aliphatic carbocycles. The van der Waals surface area contributed by atoms with E-state index in [1.807, 2.05) is 54.6 Å². The van der Waals surface area contributed by atoms with Crippen LogP contribution in [0.5, 0.6) is 11.5 Å². The molecule has 2 heterocycles. The second-order valence-corrected chi connectivity index (χ2v) is 7.04. The number of nitriles is 2. The van der Waals surface area contributed by atoms with Gasteiger partial charge in [0.25, 0.3) is 5.91 Å². The van der Waals surface area contributed by atoms with Crippen LogP contribution in [0.15, 0.2) is 59.6 Å². The summed E-state index contributed by atoms with van der Waals surface area (Å²) in [7, 11) is 0. The molecule has 2 aromatic carbocycles. The first-order chi connectivity index (χ1) is 13.6. The van der Waals surface area contributed by atoms with E-state index in [0.29, 0.717) is 24.7 Å². The van der Waals surface area contributed by atoms with Gasteiger partial charge in [0.05, 0.1) is 25.4 Å². The maximum Gasteiger partial charge on any atom is 0.293 e. The summed E-state index contributed by atoms with van der Waals surface area (Å²) in [6.07, 6.45) is 0. The number of hydrogen-bond acceptors (Lipinski definition) is 7. The molecule has 0 amide bonds. The van der Waals surface area contributed by atoms with Crippen LogP contribution in [-0.2, 0) is 9.47 Å². The zero-order chi connectivity index (χ0) is 19.4. The molecule has 3 atom stereocenters. The average molecular weight is 372 g/mol. The monoisotopic (exact) mass is 372 g/mol. The van der Waals surface area contributed by atoms with Crippen LogP contribution in [0.4, 0.5) is 0 Å². The summed E-state index contributed by atoms with van der Waals surface area (Å²) in [5.41, 5.74) is 4.31. The summed E-state index contributed by atoms with van der Waals surface area (Å²) < 4.78 is 17.4. The van der Waals surface area contributed by atoms with E-state index in [0.717, 1.165) is 5.56 Å². The van der Waals surface area contributed by atoms with Gasteiger partial charge in [-0.05, 0) is 29.8 Å². The van der Waals surface area contributed by atoms with Gasteiger partial charge < -0.3 is 19.9 Å². The minimum atomic E-state index is -1.53. The molecule has 2 fully saturated rings. The van der Waals surface area contributed by atoms with Crippen molar-refractivity contribution in [1.82, 2.24) is 0 Å². The molecule has 138 valence electrons. The largest absolute Gasteiger partial charge is 0.457 e. The van der Waals surface area contributed by atoms with E-state index in [1.54, 1.807) is 0 Å². The first-order valence-electron chi connectivity index (χ1n) is 8.93. The molecule has 1 saturated heterocycles. The highest BCUT2D eigenvalue weighted by Crippen LogP contribution is 2.82. The molecule has 7 heteroatoms. The SMILES string of the molecule is N#C[C@@]12[C@@H](c3cccc(Oc4ccccc4)c3)[C@@]1(C#N)C(N)=NC21OCCO1. The highest BCUT2D eigenvalue weighted by Gasteiger charge is 2.94. The Labute approximate surface area is 161 Å². The summed E-state index contributed by atoms with van der Waals surface area (Å²) in [5.74, 6) is -0.668. The van der Waals surface area contributed by atoms with Gasteiger partial charge in [-0.25, -0.2) is 4.99 Å². The van der Waals surface area contributed by atoms with Crippen molar-refractivity contribution in [3.8, 4) is 23.6 Å². The van der Waals surface area contributed by atoms with Gasteiger partial charge in [0.2, 0.25) is 0 Å². The number of amidine groups is 1. The number of ether oxygens (including phenoxy) is 3. The predicted molar refractivity (Wildman–Crippen MR) is 98.0 cm³/mol. The Morgan fingerprint density at radius 3 is 2.39 bits per heavy atom. The molecular formula is C21H16N4O3. The molecule has 0 radical (unpaired) electrons. The van der Waals surface area contributed by atoms with E-state index in [4.69, 9.17) is 19.9 Å². The number of hydrogen-bond donors (Lipinski definition) is 1. The smallest absolute Gasteiger partial charge is 0.293 e. The van der Waals surface area contributed by atoms with Gasteiger partial charge in [-0.15, -0.1) is 0 Å². The molecule has 0 unspecified atom stereocenters. The Hall–Kier alpha value is -3.39. The zero-order valence-electron chi connectivity index (χ0n) is 14.8. The summed E-state index contributed by atoms with van der Waals surface area (Å²) in [5, 5.41) is 20.1. The maximum atomic E-state index is 10.1. The number of nitrogens with zero attached hydrogens (tertiary/aromatic N) is 3. The van der Waals surface area contributed by atoms with Crippen molar-refractivity contribution in [2.45, 2.75) is 11.8 Å². The Bertz CT molecular complexity index is 1070.